The van der Waals surface area contributed by atoms with E-state index in [1.807, 2.05) is 0 Å². The molecule has 0 bridgehead atoms. The highest BCUT2D eigenvalue weighted by Gasteiger charge is 2.03. The van der Waals surface area contributed by atoms with E-state index in [0.29, 0.717) is 25.6 Å². The Morgan fingerprint density at radius 2 is 2.31 bits per heavy atom. The lowest BCUT2D eigenvalue weighted by atomic mass is 10.2. The van der Waals surface area contributed by atoms with Crippen molar-refractivity contribution in [2.24, 2.45) is 0 Å². The summed E-state index contributed by atoms with van der Waals surface area (Å²) >= 11 is 0. The highest BCUT2D eigenvalue weighted by molar-refractivity contribution is 5.88. The Kier molecular flexibility index (Phi) is 5.24. The van der Waals surface area contributed by atoms with Gasteiger partial charge in [0.1, 0.15) is 5.82 Å². The van der Waals surface area contributed by atoms with E-state index in [-0.39, 0.29) is 12.2 Å². The Morgan fingerprint density at radius 3 is 3.00 bits per heavy atom. The predicted octanol–water partition coefficient (Wildman–Crippen LogP) is 0.201. The van der Waals surface area contributed by atoms with Crippen LogP contribution in [-0.4, -0.2) is 47.5 Å². The number of anilines is 1. The summed E-state index contributed by atoms with van der Waals surface area (Å²) in [6, 6.07) is 2.88. The predicted molar refractivity (Wildman–Crippen MR) is 57.6 cm³/mol. The van der Waals surface area contributed by atoms with Gasteiger partial charge in [0.25, 0.3) is 0 Å². The first-order valence-corrected chi connectivity index (χ1v) is 4.86. The van der Waals surface area contributed by atoms with Crippen molar-refractivity contribution in [3.63, 3.8) is 0 Å². The van der Waals surface area contributed by atoms with Crippen molar-refractivity contribution >= 4 is 11.8 Å². The SMILES string of the molecule is O=C(O)c1ccnc(NCCOCCO)c1. The molecule has 0 saturated heterocycles. The van der Waals surface area contributed by atoms with Gasteiger partial charge in [0, 0.05) is 12.7 Å². The lowest BCUT2D eigenvalue weighted by Gasteiger charge is -2.06. The highest BCUT2D eigenvalue weighted by atomic mass is 16.5. The van der Waals surface area contributed by atoms with Crippen molar-refractivity contribution in [2.75, 3.05) is 31.7 Å². The van der Waals surface area contributed by atoms with Crippen molar-refractivity contribution in [3.8, 4) is 0 Å². The number of pyridine rings is 1. The number of aromatic carboxylic acids is 1. The number of hydrogen-bond donors (Lipinski definition) is 3. The number of rotatable bonds is 7. The fourth-order valence-electron chi connectivity index (χ4n) is 1.08. The van der Waals surface area contributed by atoms with Gasteiger partial charge in [0.15, 0.2) is 0 Å². The van der Waals surface area contributed by atoms with Crippen LogP contribution in [-0.2, 0) is 4.74 Å². The van der Waals surface area contributed by atoms with Gasteiger partial charge in [-0.05, 0) is 12.1 Å². The monoisotopic (exact) mass is 226 g/mol. The molecule has 0 radical (unpaired) electrons. The molecule has 1 rings (SSSR count). The molecule has 1 aromatic heterocycles. The van der Waals surface area contributed by atoms with Gasteiger partial charge in [-0.15, -0.1) is 0 Å². The number of aromatic nitrogens is 1. The van der Waals surface area contributed by atoms with Crippen LogP contribution >= 0.6 is 0 Å². The minimum Gasteiger partial charge on any atom is -0.478 e. The zero-order chi connectivity index (χ0) is 11.8. The van der Waals surface area contributed by atoms with Gasteiger partial charge < -0.3 is 20.3 Å². The van der Waals surface area contributed by atoms with Crippen LogP contribution in [0.5, 0.6) is 0 Å². The maximum absolute atomic E-state index is 10.7. The summed E-state index contributed by atoms with van der Waals surface area (Å²) in [4.78, 5) is 14.6. The van der Waals surface area contributed by atoms with Gasteiger partial charge in [-0.1, -0.05) is 0 Å². The highest BCUT2D eigenvalue weighted by Crippen LogP contribution is 2.05. The number of nitrogens with one attached hydrogen (secondary N) is 1. The maximum Gasteiger partial charge on any atom is 0.335 e. The molecule has 0 spiro atoms. The molecule has 0 aliphatic carbocycles. The molecule has 6 heteroatoms. The second-order valence-electron chi connectivity index (χ2n) is 3.00. The lowest BCUT2D eigenvalue weighted by molar-refractivity contribution is 0.0697. The number of ether oxygens (including phenoxy) is 1. The fourth-order valence-corrected chi connectivity index (χ4v) is 1.08. The molecule has 0 atom stereocenters. The first-order chi connectivity index (χ1) is 7.74. The van der Waals surface area contributed by atoms with Crippen LogP contribution in [0.2, 0.25) is 0 Å². The smallest absolute Gasteiger partial charge is 0.335 e. The van der Waals surface area contributed by atoms with E-state index in [9.17, 15) is 4.79 Å². The third kappa shape index (κ3) is 4.24. The number of carboxylic acid groups (broad SMARTS) is 1. The molecule has 88 valence electrons. The number of carboxylic acids is 1. The van der Waals surface area contributed by atoms with E-state index in [1.54, 1.807) is 0 Å². The number of nitrogens with zero attached hydrogens (tertiary/aromatic N) is 1. The van der Waals surface area contributed by atoms with Gasteiger partial charge >= 0.3 is 5.97 Å². The minimum atomic E-state index is -0.984. The Labute approximate surface area is 92.9 Å². The van der Waals surface area contributed by atoms with Crippen molar-refractivity contribution in [2.45, 2.75) is 0 Å². The molecule has 0 aromatic carbocycles. The number of aliphatic hydroxyl groups excluding tert-OH is 1. The number of aliphatic hydroxyl groups is 1. The second kappa shape index (κ2) is 6.76. The summed E-state index contributed by atoms with van der Waals surface area (Å²) in [7, 11) is 0. The van der Waals surface area contributed by atoms with Crippen molar-refractivity contribution in [1.29, 1.82) is 0 Å². The topological polar surface area (TPSA) is 91.7 Å². The molecule has 0 amide bonds. The van der Waals surface area contributed by atoms with Crippen molar-refractivity contribution in [3.05, 3.63) is 23.9 Å². The quantitative estimate of drug-likeness (QED) is 0.575. The van der Waals surface area contributed by atoms with Crippen LogP contribution in [0.15, 0.2) is 18.3 Å². The standard InChI is InChI=1S/C10H14N2O4/c13-4-6-16-5-3-12-9-7-8(10(14)15)1-2-11-9/h1-2,7,13H,3-6H2,(H,11,12)(H,14,15). The summed E-state index contributed by atoms with van der Waals surface area (Å²) < 4.78 is 5.03. The lowest BCUT2D eigenvalue weighted by Crippen LogP contribution is -2.12. The molecule has 0 aliphatic rings. The van der Waals surface area contributed by atoms with Crippen LogP contribution < -0.4 is 5.32 Å². The van der Waals surface area contributed by atoms with E-state index >= 15 is 0 Å². The van der Waals surface area contributed by atoms with Gasteiger partial charge in [-0.2, -0.15) is 0 Å². The van der Waals surface area contributed by atoms with Crippen LogP contribution in [0, 0.1) is 0 Å². The van der Waals surface area contributed by atoms with Gasteiger partial charge in [0.05, 0.1) is 25.4 Å². The zero-order valence-corrected chi connectivity index (χ0v) is 8.72. The van der Waals surface area contributed by atoms with Crippen LogP contribution in [0.1, 0.15) is 10.4 Å². The Morgan fingerprint density at radius 1 is 1.50 bits per heavy atom. The van der Waals surface area contributed by atoms with E-state index in [0.717, 1.165) is 0 Å². The molecule has 16 heavy (non-hydrogen) atoms. The van der Waals surface area contributed by atoms with Gasteiger partial charge in [-0.3, -0.25) is 0 Å². The summed E-state index contributed by atoms with van der Waals surface area (Å²) in [6.07, 6.45) is 1.43. The van der Waals surface area contributed by atoms with Crippen molar-refractivity contribution < 1.29 is 19.7 Å². The average Bonchev–Trinajstić information content (AvgIpc) is 2.29. The Hall–Kier alpha value is -1.66. The molecular formula is C10H14N2O4. The molecule has 1 aromatic rings. The van der Waals surface area contributed by atoms with Crippen LogP contribution in [0.3, 0.4) is 0 Å². The molecular weight excluding hydrogens is 212 g/mol. The average molecular weight is 226 g/mol. The molecule has 0 saturated carbocycles. The van der Waals surface area contributed by atoms with E-state index in [4.69, 9.17) is 14.9 Å². The zero-order valence-electron chi connectivity index (χ0n) is 8.72. The first kappa shape index (κ1) is 12.4. The van der Waals surface area contributed by atoms with Crippen LogP contribution in [0.25, 0.3) is 0 Å². The molecule has 3 N–H and O–H groups in total. The normalized spacial score (nSPS) is 10.1. The van der Waals surface area contributed by atoms with Gasteiger partial charge in [0.2, 0.25) is 0 Å². The summed E-state index contributed by atoms with van der Waals surface area (Å²) in [5, 5.41) is 20.1. The second-order valence-corrected chi connectivity index (χ2v) is 3.00. The molecule has 0 fully saturated rings. The van der Waals surface area contributed by atoms with Crippen molar-refractivity contribution in [1.82, 2.24) is 4.98 Å². The van der Waals surface area contributed by atoms with E-state index < -0.39 is 5.97 Å². The summed E-state index contributed by atoms with van der Waals surface area (Å²) in [5.41, 5.74) is 0.189. The number of carbonyl (C=O) groups is 1. The fraction of sp³-hybridized carbons (Fsp3) is 0.400. The number of hydrogen-bond acceptors (Lipinski definition) is 5. The molecule has 1 heterocycles. The molecule has 6 nitrogen and oxygen atoms in total. The minimum absolute atomic E-state index is 0.00719. The molecule has 0 unspecified atom stereocenters. The third-order valence-corrected chi connectivity index (χ3v) is 1.80. The first-order valence-electron chi connectivity index (χ1n) is 4.86. The van der Waals surface area contributed by atoms with E-state index in [2.05, 4.69) is 10.3 Å². The third-order valence-electron chi connectivity index (χ3n) is 1.80. The van der Waals surface area contributed by atoms with Crippen LogP contribution in [0.4, 0.5) is 5.82 Å². The summed E-state index contributed by atoms with van der Waals surface area (Å²) in [5.74, 6) is -0.491. The molecule has 0 aliphatic heterocycles. The Balaban J connectivity index is 2.36. The summed E-state index contributed by atoms with van der Waals surface area (Å²) in [6.45, 7) is 1.23. The van der Waals surface area contributed by atoms with E-state index in [1.165, 1.54) is 18.3 Å². The maximum atomic E-state index is 10.7. The van der Waals surface area contributed by atoms with Gasteiger partial charge in [-0.25, -0.2) is 9.78 Å². The largest absolute Gasteiger partial charge is 0.478 e. The Bertz CT molecular complexity index is 343.